The molecule has 1 aliphatic rings. The molecule has 9 heteroatoms. The van der Waals surface area contributed by atoms with Crippen molar-refractivity contribution < 1.29 is 28.5 Å². The van der Waals surface area contributed by atoms with Gasteiger partial charge in [0.2, 0.25) is 6.79 Å². The highest BCUT2D eigenvalue weighted by atomic mass is 16.7. The summed E-state index contributed by atoms with van der Waals surface area (Å²) in [6.07, 6.45) is 4.59. The first kappa shape index (κ1) is 22.9. The molecule has 0 atom stereocenters. The van der Waals surface area contributed by atoms with E-state index in [2.05, 4.69) is 22.8 Å². The zero-order chi connectivity index (χ0) is 22.8. The first-order valence-corrected chi connectivity index (χ1v) is 10.4. The molecule has 2 aromatic rings. The topological polar surface area (TPSA) is 107 Å². The van der Waals surface area contributed by atoms with E-state index >= 15 is 0 Å². The summed E-state index contributed by atoms with van der Waals surface area (Å²) in [4.78, 5) is 24.3. The molecule has 0 saturated heterocycles. The minimum atomic E-state index is -0.469. The third-order valence-corrected chi connectivity index (χ3v) is 4.66. The summed E-state index contributed by atoms with van der Waals surface area (Å²) >= 11 is 0. The van der Waals surface area contributed by atoms with E-state index < -0.39 is 11.8 Å². The minimum Gasteiger partial charge on any atom is -0.493 e. The van der Waals surface area contributed by atoms with Gasteiger partial charge in [-0.05, 0) is 36.8 Å². The lowest BCUT2D eigenvalue weighted by atomic mass is 10.2. The first-order chi connectivity index (χ1) is 15.6. The maximum absolute atomic E-state index is 12.3. The van der Waals surface area contributed by atoms with Crippen molar-refractivity contribution in [3.8, 4) is 23.0 Å². The normalized spacial score (nSPS) is 11.9. The van der Waals surface area contributed by atoms with Crippen LogP contribution in [0.4, 0.5) is 0 Å². The molecule has 1 heterocycles. The van der Waals surface area contributed by atoms with E-state index in [1.165, 1.54) is 6.21 Å². The lowest BCUT2D eigenvalue weighted by Crippen LogP contribution is -2.34. The van der Waals surface area contributed by atoms with E-state index in [0.717, 1.165) is 19.3 Å². The summed E-state index contributed by atoms with van der Waals surface area (Å²) in [5.74, 6) is 1.37. The fourth-order valence-corrected chi connectivity index (χ4v) is 2.99. The number of hydrazone groups is 1. The molecule has 3 rings (SSSR count). The van der Waals surface area contributed by atoms with Crippen LogP contribution >= 0.6 is 0 Å². The van der Waals surface area contributed by atoms with Crippen LogP contribution in [0.15, 0.2) is 41.5 Å². The van der Waals surface area contributed by atoms with Gasteiger partial charge in [-0.1, -0.05) is 25.8 Å². The van der Waals surface area contributed by atoms with E-state index in [1.54, 1.807) is 31.4 Å². The zero-order valence-electron chi connectivity index (χ0n) is 18.2. The van der Waals surface area contributed by atoms with Crippen molar-refractivity contribution in [3.63, 3.8) is 0 Å². The average Bonchev–Trinajstić information content (AvgIpc) is 3.28. The summed E-state index contributed by atoms with van der Waals surface area (Å²) in [6, 6.07) is 10.2. The van der Waals surface area contributed by atoms with Gasteiger partial charge in [-0.3, -0.25) is 9.59 Å². The number of benzene rings is 2. The van der Waals surface area contributed by atoms with Crippen LogP contribution in [0.1, 0.15) is 42.1 Å². The molecule has 2 N–H and O–H groups in total. The molecular weight excluding hydrogens is 414 g/mol. The standard InChI is InChI=1S/C23H27N3O6/c1-3-4-5-11-30-22-17(7-6-8-19(22)29-2)13-25-26-21(27)14-24-23(28)16-9-10-18-20(12-16)32-15-31-18/h6-10,12-13H,3-5,11,14-15H2,1-2H3,(H,24,28)(H,26,27)/b25-13+. The van der Waals surface area contributed by atoms with Gasteiger partial charge in [0.15, 0.2) is 23.0 Å². The second-order valence-electron chi connectivity index (χ2n) is 6.98. The Labute approximate surface area is 186 Å². The van der Waals surface area contributed by atoms with Gasteiger partial charge in [-0.2, -0.15) is 5.10 Å². The van der Waals surface area contributed by atoms with E-state index in [9.17, 15) is 9.59 Å². The van der Waals surface area contributed by atoms with E-state index in [4.69, 9.17) is 18.9 Å². The Balaban J connectivity index is 1.52. The zero-order valence-corrected chi connectivity index (χ0v) is 18.2. The van der Waals surface area contributed by atoms with Gasteiger partial charge in [0.1, 0.15) is 0 Å². The first-order valence-electron chi connectivity index (χ1n) is 10.4. The minimum absolute atomic E-state index is 0.125. The third-order valence-electron chi connectivity index (χ3n) is 4.66. The van der Waals surface area contributed by atoms with Gasteiger partial charge < -0.3 is 24.3 Å². The summed E-state index contributed by atoms with van der Waals surface area (Å²) < 4.78 is 21.7. The Morgan fingerprint density at radius 3 is 2.81 bits per heavy atom. The number of hydrogen-bond acceptors (Lipinski definition) is 7. The van der Waals surface area contributed by atoms with Crippen LogP contribution in [0, 0.1) is 0 Å². The number of nitrogens with one attached hydrogen (secondary N) is 2. The van der Waals surface area contributed by atoms with Crippen LogP contribution in [-0.2, 0) is 4.79 Å². The second kappa shape index (κ2) is 11.6. The number of methoxy groups -OCH3 is 1. The van der Waals surface area contributed by atoms with Gasteiger partial charge in [0.05, 0.1) is 26.5 Å². The van der Waals surface area contributed by atoms with Gasteiger partial charge >= 0.3 is 0 Å². The Morgan fingerprint density at radius 1 is 1.16 bits per heavy atom. The van der Waals surface area contributed by atoms with Crippen LogP contribution in [0.3, 0.4) is 0 Å². The number of para-hydroxylation sites is 1. The predicted octanol–water partition coefficient (Wildman–Crippen LogP) is 2.87. The fraction of sp³-hybridized carbons (Fsp3) is 0.348. The second-order valence-corrected chi connectivity index (χ2v) is 6.98. The molecule has 0 bridgehead atoms. The molecule has 170 valence electrons. The molecule has 2 amide bonds. The highest BCUT2D eigenvalue weighted by Crippen LogP contribution is 2.32. The molecule has 0 fully saturated rings. The highest BCUT2D eigenvalue weighted by molar-refractivity contribution is 5.97. The molecule has 0 radical (unpaired) electrons. The largest absolute Gasteiger partial charge is 0.493 e. The van der Waals surface area contributed by atoms with Gasteiger partial charge in [-0.25, -0.2) is 5.43 Å². The quantitative estimate of drug-likeness (QED) is 0.315. The number of carbonyl (C=O) groups excluding carboxylic acids is 2. The number of rotatable bonds is 11. The van der Waals surface area contributed by atoms with Crippen molar-refractivity contribution in [1.29, 1.82) is 0 Å². The van der Waals surface area contributed by atoms with Crippen LogP contribution in [0.25, 0.3) is 0 Å². The van der Waals surface area contributed by atoms with Crippen LogP contribution in [0.5, 0.6) is 23.0 Å². The lowest BCUT2D eigenvalue weighted by molar-refractivity contribution is -0.120. The lowest BCUT2D eigenvalue weighted by Gasteiger charge is -2.13. The number of carbonyl (C=O) groups is 2. The van der Waals surface area contributed by atoms with Gasteiger partial charge in [0.25, 0.3) is 11.8 Å². The molecular formula is C23H27N3O6. The number of hydrogen-bond donors (Lipinski definition) is 2. The maximum atomic E-state index is 12.3. The van der Waals surface area contributed by atoms with Crippen molar-refractivity contribution in [2.75, 3.05) is 27.1 Å². The monoisotopic (exact) mass is 441 g/mol. The van der Waals surface area contributed by atoms with Crippen molar-refractivity contribution >= 4 is 18.0 Å². The molecule has 0 aliphatic carbocycles. The van der Waals surface area contributed by atoms with Crippen LogP contribution in [-0.4, -0.2) is 45.1 Å². The predicted molar refractivity (Wildman–Crippen MR) is 119 cm³/mol. The highest BCUT2D eigenvalue weighted by Gasteiger charge is 2.16. The maximum Gasteiger partial charge on any atom is 0.259 e. The number of ether oxygens (including phenoxy) is 4. The number of fused-ring (bicyclic) bond motifs is 1. The summed E-state index contributed by atoms with van der Waals surface area (Å²) in [5.41, 5.74) is 3.43. The third kappa shape index (κ3) is 6.13. The smallest absolute Gasteiger partial charge is 0.259 e. The van der Waals surface area contributed by atoms with E-state index in [0.29, 0.717) is 40.7 Å². The Bertz CT molecular complexity index is 976. The average molecular weight is 441 g/mol. The van der Waals surface area contributed by atoms with Crippen LogP contribution in [0.2, 0.25) is 0 Å². The van der Waals surface area contributed by atoms with Crippen molar-refractivity contribution in [3.05, 3.63) is 47.5 Å². The Kier molecular flexibility index (Phi) is 8.30. The van der Waals surface area contributed by atoms with E-state index in [-0.39, 0.29) is 13.3 Å². The summed E-state index contributed by atoms with van der Waals surface area (Å²) in [5, 5.41) is 6.51. The molecule has 1 aliphatic heterocycles. The fourth-order valence-electron chi connectivity index (χ4n) is 2.99. The molecule has 0 aromatic heterocycles. The Hall–Kier alpha value is -3.75. The van der Waals surface area contributed by atoms with Crippen molar-refractivity contribution in [1.82, 2.24) is 10.7 Å². The SMILES string of the molecule is CCCCCOc1c(/C=N/NC(=O)CNC(=O)c2ccc3c(c2)OCO3)cccc1OC. The van der Waals surface area contributed by atoms with Gasteiger partial charge in [0, 0.05) is 11.1 Å². The Morgan fingerprint density at radius 2 is 2.00 bits per heavy atom. The number of amides is 2. The summed E-state index contributed by atoms with van der Waals surface area (Å²) in [7, 11) is 1.57. The summed E-state index contributed by atoms with van der Waals surface area (Å²) in [6.45, 7) is 2.58. The van der Waals surface area contributed by atoms with E-state index in [1.807, 2.05) is 12.1 Å². The molecule has 32 heavy (non-hydrogen) atoms. The van der Waals surface area contributed by atoms with Crippen molar-refractivity contribution in [2.45, 2.75) is 26.2 Å². The van der Waals surface area contributed by atoms with Crippen molar-refractivity contribution in [2.24, 2.45) is 5.10 Å². The number of nitrogens with zero attached hydrogens (tertiary/aromatic N) is 1. The molecule has 9 nitrogen and oxygen atoms in total. The molecule has 0 spiro atoms. The molecule has 0 unspecified atom stereocenters. The number of unbranched alkanes of at least 4 members (excludes halogenated alkanes) is 2. The van der Waals surface area contributed by atoms with Crippen LogP contribution < -0.4 is 29.7 Å². The molecule has 2 aromatic carbocycles. The molecule has 0 saturated carbocycles. The van der Waals surface area contributed by atoms with Gasteiger partial charge in [-0.15, -0.1) is 0 Å².